The van der Waals surface area contributed by atoms with Gasteiger partial charge in [0.1, 0.15) is 0 Å². The Morgan fingerprint density at radius 3 is 2.57 bits per heavy atom. The van der Waals surface area contributed by atoms with Gasteiger partial charge >= 0.3 is 6.72 Å². The Kier molecular flexibility index (Phi) is 7.04. The third kappa shape index (κ3) is 4.78. The van der Waals surface area contributed by atoms with Crippen molar-refractivity contribution in [3.8, 4) is 0 Å². The fraction of sp³-hybridized carbons (Fsp3) is 0.875. The first-order valence-electron chi connectivity index (χ1n) is 4.54. The van der Waals surface area contributed by atoms with Crippen LogP contribution < -0.4 is 0 Å². The minimum atomic E-state index is -2.77. The van der Waals surface area contributed by atoms with Crippen molar-refractivity contribution < 1.29 is 9.09 Å². The van der Waals surface area contributed by atoms with Crippen molar-refractivity contribution in [2.24, 2.45) is 5.92 Å². The summed E-state index contributed by atoms with van der Waals surface area (Å²) < 4.78 is 19.0. The van der Waals surface area contributed by atoms with E-state index < -0.39 is 6.72 Å². The van der Waals surface area contributed by atoms with E-state index >= 15 is 0 Å². The third-order valence-electron chi connectivity index (χ3n) is 1.40. The van der Waals surface area contributed by atoms with Crippen molar-refractivity contribution in [2.75, 3.05) is 19.4 Å². The normalized spacial score (nSPS) is 15.2. The Morgan fingerprint density at radius 1 is 1.64 bits per heavy atom. The van der Waals surface area contributed by atoms with Gasteiger partial charge < -0.3 is 4.52 Å². The highest BCUT2D eigenvalue weighted by Crippen LogP contribution is 2.61. The van der Waals surface area contributed by atoms with Crippen molar-refractivity contribution in [3.63, 3.8) is 0 Å². The minimum Gasteiger partial charge on any atom is -0.306 e. The van der Waals surface area contributed by atoms with E-state index in [0.29, 0.717) is 12.5 Å². The molecule has 84 valence electrons. The first kappa shape index (κ1) is 14.4. The van der Waals surface area contributed by atoms with Gasteiger partial charge in [-0.05, 0) is 24.2 Å². The molecule has 0 saturated heterocycles. The Labute approximate surface area is 95.8 Å². The number of thiocarbonyl (C=S) groups is 1. The van der Waals surface area contributed by atoms with Crippen molar-refractivity contribution in [1.29, 1.82) is 0 Å². The lowest BCUT2D eigenvalue weighted by Crippen LogP contribution is -2.12. The molecule has 14 heavy (non-hydrogen) atoms. The van der Waals surface area contributed by atoms with Crippen LogP contribution in [0.1, 0.15) is 20.8 Å². The van der Waals surface area contributed by atoms with Gasteiger partial charge in [-0.2, -0.15) is 0 Å². The van der Waals surface area contributed by atoms with E-state index in [1.165, 1.54) is 21.5 Å². The predicted molar refractivity (Wildman–Crippen MR) is 67.9 cm³/mol. The molecule has 6 heteroatoms. The molecule has 0 rings (SSSR count). The van der Waals surface area contributed by atoms with Gasteiger partial charge in [0, 0.05) is 12.8 Å². The summed E-state index contributed by atoms with van der Waals surface area (Å²) in [6.45, 7) is 3.67. The maximum Gasteiger partial charge on any atom is 0.353 e. The quantitative estimate of drug-likeness (QED) is 0.514. The van der Waals surface area contributed by atoms with Crippen LogP contribution >= 0.6 is 30.3 Å². The number of nitrogens with zero attached hydrogens (tertiary/aromatic N) is 1. The molecule has 0 spiro atoms. The molecule has 3 nitrogen and oxygen atoms in total. The lowest BCUT2D eigenvalue weighted by atomic mass is 10.3. The molecule has 0 radical (unpaired) electrons. The summed E-state index contributed by atoms with van der Waals surface area (Å²) in [6, 6.07) is 0. The van der Waals surface area contributed by atoms with Crippen LogP contribution in [-0.2, 0) is 9.09 Å². The van der Waals surface area contributed by atoms with Crippen molar-refractivity contribution in [1.82, 2.24) is 4.67 Å². The van der Waals surface area contributed by atoms with Crippen LogP contribution in [0.3, 0.4) is 0 Å². The minimum absolute atomic E-state index is 0.440. The molecule has 0 aromatic heterocycles. The summed E-state index contributed by atoms with van der Waals surface area (Å²) in [5.41, 5.74) is 1.38. The molecular weight excluding hydrogens is 237 g/mol. The van der Waals surface area contributed by atoms with Gasteiger partial charge in [0.05, 0.1) is 12.1 Å². The molecule has 0 heterocycles. The van der Waals surface area contributed by atoms with Crippen LogP contribution in [0, 0.1) is 5.92 Å². The van der Waals surface area contributed by atoms with Gasteiger partial charge in [0.2, 0.25) is 0 Å². The summed E-state index contributed by atoms with van der Waals surface area (Å²) in [5, 5.41) is 0. The second-order valence-corrected chi connectivity index (χ2v) is 8.04. The molecule has 0 bridgehead atoms. The highest BCUT2D eigenvalue weighted by molar-refractivity contribution is 8.56. The highest BCUT2D eigenvalue weighted by atomic mass is 32.7. The van der Waals surface area contributed by atoms with Crippen molar-refractivity contribution >= 4 is 35.8 Å². The smallest absolute Gasteiger partial charge is 0.306 e. The zero-order valence-electron chi connectivity index (χ0n) is 9.10. The SMILES string of the molecule is CCOP(=O)(SCC(C)C)N(C)C=S. The van der Waals surface area contributed by atoms with Gasteiger partial charge in [-0.1, -0.05) is 26.1 Å². The van der Waals surface area contributed by atoms with Crippen LogP contribution in [0.2, 0.25) is 0 Å². The lowest BCUT2D eigenvalue weighted by molar-refractivity contribution is 0.325. The highest BCUT2D eigenvalue weighted by Gasteiger charge is 2.27. The summed E-state index contributed by atoms with van der Waals surface area (Å²) in [6.07, 6.45) is 0. The van der Waals surface area contributed by atoms with Gasteiger partial charge in [0.25, 0.3) is 0 Å². The Balaban J connectivity index is 4.39. The Bertz CT molecular complexity index is 223. The topological polar surface area (TPSA) is 29.5 Å². The monoisotopic (exact) mass is 255 g/mol. The second kappa shape index (κ2) is 6.83. The number of rotatable bonds is 7. The summed E-state index contributed by atoms with van der Waals surface area (Å²) in [7, 11) is 1.69. The Morgan fingerprint density at radius 2 is 2.21 bits per heavy atom. The number of hydrogen-bond donors (Lipinski definition) is 0. The molecule has 0 fully saturated rings. The van der Waals surface area contributed by atoms with Crippen LogP contribution in [0.4, 0.5) is 0 Å². The van der Waals surface area contributed by atoms with Crippen LogP contribution in [0.25, 0.3) is 0 Å². The third-order valence-corrected chi connectivity index (χ3v) is 7.00. The van der Waals surface area contributed by atoms with Crippen molar-refractivity contribution in [3.05, 3.63) is 0 Å². The first-order valence-corrected chi connectivity index (χ1v) is 8.18. The summed E-state index contributed by atoms with van der Waals surface area (Å²) >= 11 is 6.10. The molecule has 0 aromatic carbocycles. The molecule has 1 unspecified atom stereocenters. The average molecular weight is 255 g/mol. The van der Waals surface area contributed by atoms with Crippen molar-refractivity contribution in [2.45, 2.75) is 20.8 Å². The molecule has 0 aromatic rings. The van der Waals surface area contributed by atoms with Crippen LogP contribution in [0.15, 0.2) is 0 Å². The molecule has 1 atom stereocenters. The van der Waals surface area contributed by atoms with Crippen LogP contribution in [-0.4, -0.2) is 29.6 Å². The van der Waals surface area contributed by atoms with E-state index in [1.807, 2.05) is 6.92 Å². The lowest BCUT2D eigenvalue weighted by Gasteiger charge is -2.24. The maximum atomic E-state index is 12.2. The average Bonchev–Trinajstić information content (AvgIpc) is 2.14. The van der Waals surface area contributed by atoms with E-state index in [-0.39, 0.29) is 0 Å². The fourth-order valence-electron chi connectivity index (χ4n) is 0.684. The van der Waals surface area contributed by atoms with Gasteiger partial charge in [-0.25, -0.2) is 0 Å². The van der Waals surface area contributed by atoms with E-state index in [4.69, 9.17) is 16.7 Å². The van der Waals surface area contributed by atoms with Gasteiger partial charge in [-0.15, -0.1) is 0 Å². The molecule has 0 aliphatic carbocycles. The summed E-state index contributed by atoms with van der Waals surface area (Å²) in [5.74, 6) is 1.30. The zero-order valence-corrected chi connectivity index (χ0v) is 11.6. The fourth-order valence-corrected chi connectivity index (χ4v) is 5.29. The van der Waals surface area contributed by atoms with E-state index in [9.17, 15) is 4.57 Å². The summed E-state index contributed by atoms with van der Waals surface area (Å²) in [4.78, 5) is 0. The molecule has 0 N–H and O–H groups in total. The van der Waals surface area contributed by atoms with E-state index in [1.54, 1.807) is 7.05 Å². The maximum absolute atomic E-state index is 12.2. The second-order valence-electron chi connectivity index (χ2n) is 3.26. The standard InChI is InChI=1S/C8H18NO2PS2/c1-5-11-12(10,9(4)7-13)14-6-8(2)3/h7-8H,5-6H2,1-4H3. The molecule has 0 aliphatic rings. The zero-order chi connectivity index (χ0) is 11.2. The molecular formula is C8H18NO2PS2. The number of hydrogen-bond acceptors (Lipinski definition) is 4. The molecule has 0 amide bonds. The van der Waals surface area contributed by atoms with E-state index in [0.717, 1.165) is 5.75 Å². The van der Waals surface area contributed by atoms with Gasteiger partial charge in [0.15, 0.2) is 0 Å². The molecule has 0 aliphatic heterocycles. The van der Waals surface area contributed by atoms with E-state index in [2.05, 4.69) is 13.8 Å². The molecule has 0 saturated carbocycles. The largest absolute Gasteiger partial charge is 0.353 e. The van der Waals surface area contributed by atoms with Gasteiger partial charge in [-0.3, -0.25) is 9.24 Å². The predicted octanol–water partition coefficient (Wildman–Crippen LogP) is 3.41. The van der Waals surface area contributed by atoms with Crippen LogP contribution in [0.5, 0.6) is 0 Å². The Hall–Kier alpha value is 0.430. The first-order chi connectivity index (χ1) is 6.46.